The van der Waals surface area contributed by atoms with E-state index in [-0.39, 0.29) is 12.3 Å². The summed E-state index contributed by atoms with van der Waals surface area (Å²) in [6.07, 6.45) is 3.79. The molecule has 0 saturated carbocycles. The number of nitrogens with one attached hydrogen (secondary N) is 3. The van der Waals surface area contributed by atoms with Gasteiger partial charge in [-0.05, 0) is 45.4 Å². The van der Waals surface area contributed by atoms with Gasteiger partial charge in [-0.3, -0.25) is 9.78 Å². The summed E-state index contributed by atoms with van der Waals surface area (Å²) in [7, 11) is 1.33. The molecule has 3 N–H and O–H groups in total. The molecule has 3 rings (SSSR count). The largest absolute Gasteiger partial charge is 0.465 e. The molecule has 2 heterocycles. The van der Waals surface area contributed by atoms with Gasteiger partial charge in [0, 0.05) is 54.6 Å². The molecule has 0 spiro atoms. The highest BCUT2D eigenvalue weighted by Gasteiger charge is 2.15. The number of amides is 2. The monoisotopic (exact) mass is 481 g/mol. The Morgan fingerprint density at radius 2 is 1.74 bits per heavy atom. The topological polar surface area (TPSA) is 132 Å². The minimum Gasteiger partial charge on any atom is -0.465 e. The summed E-state index contributed by atoms with van der Waals surface area (Å²) in [6.45, 7) is 6.61. The number of hydrogen-bond acceptors (Lipinski definition) is 8. The van der Waals surface area contributed by atoms with Crippen LogP contribution >= 0.6 is 0 Å². The molecule has 0 unspecified atom stereocenters. The average Bonchev–Trinajstić information content (AvgIpc) is 2.81. The Labute approximate surface area is 203 Å². The van der Waals surface area contributed by atoms with Gasteiger partial charge in [-0.2, -0.15) is 0 Å². The molecule has 2 aromatic heterocycles. The van der Waals surface area contributed by atoms with E-state index in [0.29, 0.717) is 43.0 Å². The predicted octanol–water partition coefficient (Wildman–Crippen LogP) is 3.40. The fourth-order valence-corrected chi connectivity index (χ4v) is 3.43. The number of rotatable bonds is 9. The standard InChI is InChI=1S/C25H31N5O5/c1-25(2,3)35-24(33)29-11-5-10-27-21(31)9-13-28-22-18-8-12-26-15-19(18)17-7-6-16(23(32)34-4)14-20(17)30-22/h6-8,12,14-15H,5,9-11,13H2,1-4H3,(H,27,31)(H,28,30)(H,29,33). The predicted molar refractivity (Wildman–Crippen MR) is 133 cm³/mol. The highest BCUT2D eigenvalue weighted by atomic mass is 16.6. The summed E-state index contributed by atoms with van der Waals surface area (Å²) in [5.74, 6) is 0.0493. The third kappa shape index (κ3) is 7.26. The van der Waals surface area contributed by atoms with Crippen LogP contribution in [0, 0.1) is 0 Å². The Morgan fingerprint density at radius 1 is 0.971 bits per heavy atom. The van der Waals surface area contributed by atoms with Gasteiger partial charge in [0.1, 0.15) is 11.4 Å². The van der Waals surface area contributed by atoms with Crippen LogP contribution in [0.3, 0.4) is 0 Å². The fraction of sp³-hybridized carbons (Fsp3) is 0.400. The Bertz CT molecular complexity index is 1220. The molecule has 3 aromatic rings. The second kappa shape index (κ2) is 11.5. The van der Waals surface area contributed by atoms with Crippen molar-refractivity contribution < 1.29 is 23.9 Å². The van der Waals surface area contributed by atoms with E-state index in [1.165, 1.54) is 7.11 Å². The lowest BCUT2D eigenvalue weighted by molar-refractivity contribution is -0.120. The quantitative estimate of drug-likeness (QED) is 0.241. The van der Waals surface area contributed by atoms with Gasteiger partial charge in [-0.25, -0.2) is 14.6 Å². The van der Waals surface area contributed by atoms with Crippen LogP contribution in [0.4, 0.5) is 10.6 Å². The maximum atomic E-state index is 12.2. The molecular weight excluding hydrogens is 450 g/mol. The molecule has 186 valence electrons. The van der Waals surface area contributed by atoms with Crippen molar-refractivity contribution in [3.63, 3.8) is 0 Å². The SMILES string of the molecule is COC(=O)c1ccc2c(c1)nc(NCCC(=O)NCCCNC(=O)OC(C)(C)C)c1ccncc12. The molecule has 0 aliphatic heterocycles. The zero-order valence-electron chi connectivity index (χ0n) is 20.4. The number of carbonyl (C=O) groups excluding carboxylic acids is 3. The average molecular weight is 482 g/mol. The van der Waals surface area contributed by atoms with E-state index in [4.69, 9.17) is 9.47 Å². The number of benzene rings is 1. The van der Waals surface area contributed by atoms with Crippen molar-refractivity contribution in [2.24, 2.45) is 0 Å². The van der Waals surface area contributed by atoms with Gasteiger partial charge in [-0.15, -0.1) is 0 Å². The molecule has 0 bridgehead atoms. The fourth-order valence-electron chi connectivity index (χ4n) is 3.43. The van der Waals surface area contributed by atoms with Gasteiger partial charge in [0.25, 0.3) is 0 Å². The number of anilines is 1. The second-order valence-electron chi connectivity index (χ2n) is 8.91. The van der Waals surface area contributed by atoms with Crippen molar-refractivity contribution >= 4 is 45.5 Å². The molecule has 0 radical (unpaired) electrons. The van der Waals surface area contributed by atoms with E-state index >= 15 is 0 Å². The lowest BCUT2D eigenvalue weighted by Gasteiger charge is -2.19. The lowest BCUT2D eigenvalue weighted by Crippen LogP contribution is -2.34. The van der Waals surface area contributed by atoms with Crippen LogP contribution < -0.4 is 16.0 Å². The minimum absolute atomic E-state index is 0.116. The van der Waals surface area contributed by atoms with Crippen molar-refractivity contribution in [3.8, 4) is 0 Å². The van der Waals surface area contributed by atoms with Gasteiger partial charge in [-0.1, -0.05) is 6.07 Å². The number of ether oxygens (including phenoxy) is 2. The number of aromatic nitrogens is 2. The Morgan fingerprint density at radius 3 is 2.49 bits per heavy atom. The second-order valence-corrected chi connectivity index (χ2v) is 8.91. The van der Waals surface area contributed by atoms with E-state index in [1.54, 1.807) is 45.3 Å². The Balaban J connectivity index is 1.54. The Kier molecular flexibility index (Phi) is 8.40. The van der Waals surface area contributed by atoms with Crippen molar-refractivity contribution in [2.75, 3.05) is 32.1 Å². The van der Waals surface area contributed by atoms with Crippen LogP contribution in [0.2, 0.25) is 0 Å². The van der Waals surface area contributed by atoms with Crippen molar-refractivity contribution in [1.29, 1.82) is 0 Å². The molecule has 0 fully saturated rings. The number of esters is 1. The molecule has 0 aliphatic carbocycles. The first-order valence-corrected chi connectivity index (χ1v) is 11.4. The number of carbonyl (C=O) groups is 3. The van der Waals surface area contributed by atoms with Crippen LogP contribution in [-0.4, -0.2) is 60.3 Å². The van der Waals surface area contributed by atoms with Crippen LogP contribution in [0.25, 0.3) is 21.7 Å². The number of alkyl carbamates (subject to hydrolysis) is 1. The van der Waals surface area contributed by atoms with E-state index in [2.05, 4.69) is 25.9 Å². The molecule has 2 amide bonds. The molecule has 0 saturated heterocycles. The molecule has 1 aromatic carbocycles. The summed E-state index contributed by atoms with van der Waals surface area (Å²) in [5, 5.41) is 11.3. The molecule has 10 heteroatoms. The van der Waals surface area contributed by atoms with Crippen molar-refractivity contribution in [2.45, 2.75) is 39.2 Å². The first-order valence-electron chi connectivity index (χ1n) is 11.4. The van der Waals surface area contributed by atoms with E-state index < -0.39 is 17.7 Å². The third-order valence-corrected chi connectivity index (χ3v) is 5.01. The number of hydrogen-bond donors (Lipinski definition) is 3. The van der Waals surface area contributed by atoms with Crippen LogP contribution in [0.5, 0.6) is 0 Å². The van der Waals surface area contributed by atoms with E-state index in [0.717, 1.165) is 16.2 Å². The van der Waals surface area contributed by atoms with Gasteiger partial charge in [0.15, 0.2) is 0 Å². The number of fused-ring (bicyclic) bond motifs is 3. The summed E-state index contributed by atoms with van der Waals surface area (Å²) in [4.78, 5) is 44.6. The highest BCUT2D eigenvalue weighted by Crippen LogP contribution is 2.29. The summed E-state index contributed by atoms with van der Waals surface area (Å²) >= 11 is 0. The number of pyridine rings is 2. The summed E-state index contributed by atoms with van der Waals surface area (Å²) in [6, 6.07) is 7.06. The maximum Gasteiger partial charge on any atom is 0.407 e. The number of methoxy groups -OCH3 is 1. The normalized spacial score (nSPS) is 11.2. The molecule has 0 atom stereocenters. The zero-order valence-corrected chi connectivity index (χ0v) is 20.4. The first-order chi connectivity index (χ1) is 16.7. The van der Waals surface area contributed by atoms with Crippen molar-refractivity contribution in [3.05, 3.63) is 42.2 Å². The third-order valence-electron chi connectivity index (χ3n) is 5.01. The molecule has 0 aliphatic rings. The Hall–Kier alpha value is -3.95. The molecular formula is C25H31N5O5. The van der Waals surface area contributed by atoms with Gasteiger partial charge < -0.3 is 25.4 Å². The highest BCUT2D eigenvalue weighted by molar-refractivity contribution is 6.10. The number of nitrogens with zero attached hydrogens (tertiary/aromatic N) is 2. The lowest BCUT2D eigenvalue weighted by atomic mass is 10.1. The summed E-state index contributed by atoms with van der Waals surface area (Å²) < 4.78 is 9.97. The van der Waals surface area contributed by atoms with Gasteiger partial charge in [0.2, 0.25) is 5.91 Å². The van der Waals surface area contributed by atoms with Gasteiger partial charge in [0.05, 0.1) is 18.2 Å². The van der Waals surface area contributed by atoms with Crippen LogP contribution in [0.1, 0.15) is 44.0 Å². The first kappa shape index (κ1) is 25.7. The van der Waals surface area contributed by atoms with E-state index in [9.17, 15) is 14.4 Å². The zero-order chi connectivity index (χ0) is 25.4. The minimum atomic E-state index is -0.545. The molecule has 35 heavy (non-hydrogen) atoms. The van der Waals surface area contributed by atoms with Crippen molar-refractivity contribution in [1.82, 2.24) is 20.6 Å². The maximum absolute atomic E-state index is 12.2. The smallest absolute Gasteiger partial charge is 0.407 e. The molecule has 10 nitrogen and oxygen atoms in total. The van der Waals surface area contributed by atoms with Crippen LogP contribution in [0.15, 0.2) is 36.7 Å². The van der Waals surface area contributed by atoms with Gasteiger partial charge >= 0.3 is 12.1 Å². The van der Waals surface area contributed by atoms with E-state index in [1.807, 2.05) is 12.1 Å². The summed E-state index contributed by atoms with van der Waals surface area (Å²) in [5.41, 5.74) is 0.483. The van der Waals surface area contributed by atoms with Crippen LogP contribution in [-0.2, 0) is 14.3 Å².